The van der Waals surface area contributed by atoms with Gasteiger partial charge < -0.3 is 65.2 Å². The Morgan fingerprint density at radius 3 is 2.08 bits per heavy atom. The second kappa shape index (κ2) is 13.3. The number of para-hydroxylation sites is 2. The zero-order valence-electron chi connectivity index (χ0n) is 26.8. The number of nitrogens with two attached hydrogens (primary N) is 1. The number of halogens is 1. The molecule has 51 heavy (non-hydrogen) atoms. The fourth-order valence-corrected chi connectivity index (χ4v) is 7.66. The van der Waals surface area contributed by atoms with Gasteiger partial charge in [0.1, 0.15) is 42.7 Å². The summed E-state index contributed by atoms with van der Waals surface area (Å²) < 4.78 is 18.9. The van der Waals surface area contributed by atoms with Crippen LogP contribution in [0.5, 0.6) is 0 Å². The Kier molecular flexibility index (Phi) is 9.32. The molecule has 0 radical (unpaired) electrons. The number of amides is 2. The molecule has 0 unspecified atom stereocenters. The second-order valence-electron chi connectivity index (χ2n) is 12.9. The molecule has 0 bridgehead atoms. The number of aromatic amines is 1. The van der Waals surface area contributed by atoms with Gasteiger partial charge in [-0.25, -0.2) is 0 Å². The van der Waals surface area contributed by atoms with E-state index in [1.807, 2.05) is 18.2 Å². The maximum Gasteiger partial charge on any atom is 0.262 e. The first-order valence-electron chi connectivity index (χ1n) is 16.2. The lowest BCUT2D eigenvalue weighted by atomic mass is 9.96. The van der Waals surface area contributed by atoms with Crippen LogP contribution in [0, 0.1) is 0 Å². The summed E-state index contributed by atoms with van der Waals surface area (Å²) in [6.07, 6.45) is -12.7. The molecule has 0 saturated carbocycles. The van der Waals surface area contributed by atoms with Crippen molar-refractivity contribution >= 4 is 67.8 Å². The molecule has 3 aromatic carbocycles. The molecule has 5 aromatic rings. The summed E-state index contributed by atoms with van der Waals surface area (Å²) in [6, 6.07) is 13.1. The number of aromatic nitrogens is 2. The molecular weight excluding hydrogens is 692 g/mol. The molecule has 10 atom stereocenters. The number of nitrogens with zero attached hydrogens (tertiary/aromatic N) is 2. The number of nitrogens with one attached hydrogen (secondary N) is 1. The maximum atomic E-state index is 14.4. The van der Waals surface area contributed by atoms with Crippen molar-refractivity contribution in [3.63, 3.8) is 0 Å². The van der Waals surface area contributed by atoms with E-state index in [4.69, 9.17) is 19.9 Å². The Morgan fingerprint density at radius 2 is 1.37 bits per heavy atom. The highest BCUT2D eigenvalue weighted by atomic mass is 35.5. The van der Waals surface area contributed by atoms with Gasteiger partial charge >= 0.3 is 0 Å². The molecule has 2 fully saturated rings. The lowest BCUT2D eigenvalue weighted by Gasteiger charge is -2.41. The van der Waals surface area contributed by atoms with E-state index >= 15 is 0 Å². The first-order valence-corrected chi connectivity index (χ1v) is 16.2. The smallest absolute Gasteiger partial charge is 0.262 e. The summed E-state index contributed by atoms with van der Waals surface area (Å²) in [5.74, 6) is -1.22. The van der Waals surface area contributed by atoms with Crippen LogP contribution in [0.25, 0.3) is 43.6 Å². The number of hydrogen-bond acceptors (Lipinski definition) is 13. The Labute approximate surface area is 294 Å². The van der Waals surface area contributed by atoms with Crippen molar-refractivity contribution in [1.29, 1.82) is 0 Å². The van der Waals surface area contributed by atoms with E-state index in [9.17, 15) is 45.3 Å². The summed E-state index contributed by atoms with van der Waals surface area (Å²) in [5, 5.41) is 74.6. The highest BCUT2D eigenvalue weighted by Crippen LogP contribution is 2.47. The summed E-state index contributed by atoms with van der Waals surface area (Å²) in [4.78, 5) is 33.2. The molecule has 3 aliphatic heterocycles. The van der Waals surface area contributed by atoms with Crippen molar-refractivity contribution in [2.45, 2.75) is 61.3 Å². The number of carbonyl (C=O) groups is 2. The predicted molar refractivity (Wildman–Crippen MR) is 182 cm³/mol. The molecule has 3 aliphatic rings. The van der Waals surface area contributed by atoms with Crippen molar-refractivity contribution < 1.29 is 59.5 Å². The van der Waals surface area contributed by atoms with Gasteiger partial charge in [-0.1, -0.05) is 36.4 Å². The van der Waals surface area contributed by atoms with Crippen molar-refractivity contribution in [2.24, 2.45) is 5.73 Å². The van der Waals surface area contributed by atoms with Gasteiger partial charge in [-0.15, -0.1) is 12.4 Å². The number of imide groups is 1. The second-order valence-corrected chi connectivity index (χ2v) is 12.9. The van der Waals surface area contributed by atoms with Crippen LogP contribution in [0.15, 0.2) is 48.5 Å². The Hall–Kier alpha value is -3.75. The van der Waals surface area contributed by atoms with Crippen molar-refractivity contribution in [2.75, 3.05) is 26.4 Å². The van der Waals surface area contributed by atoms with Crippen molar-refractivity contribution in [1.82, 2.24) is 14.5 Å². The van der Waals surface area contributed by atoms with Crippen LogP contribution in [-0.2, 0) is 14.2 Å². The lowest BCUT2D eigenvalue weighted by molar-refractivity contribution is -0.265. The van der Waals surface area contributed by atoms with Gasteiger partial charge in [0.05, 0.1) is 60.1 Å². The van der Waals surface area contributed by atoms with E-state index in [1.54, 1.807) is 34.9 Å². The minimum atomic E-state index is -1.67. The Balaban J connectivity index is 0.00000406. The normalized spacial score (nSPS) is 31.3. The average Bonchev–Trinajstić information content (AvgIpc) is 3.75. The van der Waals surface area contributed by atoms with Gasteiger partial charge in [-0.3, -0.25) is 14.5 Å². The molecule has 10 N–H and O–H groups in total. The van der Waals surface area contributed by atoms with E-state index in [2.05, 4.69) is 4.98 Å². The number of carbonyl (C=O) groups excluding carboxylic acids is 2. The zero-order chi connectivity index (χ0) is 35.2. The van der Waals surface area contributed by atoms with Crippen LogP contribution in [0.4, 0.5) is 0 Å². The molecule has 0 spiro atoms. The van der Waals surface area contributed by atoms with E-state index in [0.29, 0.717) is 43.6 Å². The standard InChI is InChI=1S/C34H36N4O12.ClH/c35-23-28(43)26(41)18(12-40)50-34(23)48-10-9-37-31(46)21-19-13-5-1-3-7-15(13)36-24(19)25-20(22(21)32(37)47)14-6-2-4-8-16(14)38(25)33-30(45)29(44)27(42)17(11-39)49-33;/h1-8,17-18,23,26-30,33-34,36,39-45H,9-12,35H2;1H/t17-,18-,23-,26+,27-,28-,29+,30-,33-,34+;/m1./s1. The number of rotatable bonds is 7. The number of fused-ring (bicyclic) bond motifs is 10. The van der Waals surface area contributed by atoms with Gasteiger partial charge in [0, 0.05) is 27.1 Å². The monoisotopic (exact) mass is 728 g/mol. The van der Waals surface area contributed by atoms with E-state index < -0.39 is 86.3 Å². The first-order chi connectivity index (χ1) is 24.1. The quantitative estimate of drug-likeness (QED) is 0.0933. The van der Waals surface area contributed by atoms with Gasteiger partial charge in [-0.05, 0) is 12.1 Å². The molecule has 8 rings (SSSR count). The summed E-state index contributed by atoms with van der Waals surface area (Å²) >= 11 is 0. The van der Waals surface area contributed by atoms with Gasteiger partial charge in [0.2, 0.25) is 0 Å². The summed E-state index contributed by atoms with van der Waals surface area (Å²) in [7, 11) is 0. The number of ether oxygens (including phenoxy) is 3. The van der Waals surface area contributed by atoms with Gasteiger partial charge in [0.15, 0.2) is 12.5 Å². The third kappa shape index (κ3) is 5.18. The summed E-state index contributed by atoms with van der Waals surface area (Å²) in [5.41, 5.74) is 8.26. The van der Waals surface area contributed by atoms with Crippen molar-refractivity contribution in [3.8, 4) is 0 Å². The molecule has 16 nitrogen and oxygen atoms in total. The van der Waals surface area contributed by atoms with Crippen LogP contribution in [0.3, 0.4) is 0 Å². The van der Waals surface area contributed by atoms with E-state index in [0.717, 1.165) is 4.90 Å². The van der Waals surface area contributed by atoms with Crippen LogP contribution in [0.1, 0.15) is 26.9 Å². The zero-order valence-corrected chi connectivity index (χ0v) is 27.6. The molecular formula is C34H37ClN4O12. The minimum Gasteiger partial charge on any atom is -0.394 e. The number of hydrogen-bond donors (Lipinski definition) is 9. The molecule has 2 aromatic heterocycles. The van der Waals surface area contributed by atoms with E-state index in [1.165, 1.54) is 0 Å². The number of benzene rings is 3. The highest BCUT2D eigenvalue weighted by molar-refractivity contribution is 6.39. The molecule has 0 aliphatic carbocycles. The first kappa shape index (κ1) is 35.6. The number of aliphatic hydroxyl groups excluding tert-OH is 7. The molecule has 272 valence electrons. The molecule has 5 heterocycles. The highest BCUT2D eigenvalue weighted by Gasteiger charge is 2.48. The average molecular weight is 729 g/mol. The number of H-pyrrole nitrogens is 1. The maximum absolute atomic E-state index is 14.4. The molecule has 2 amide bonds. The third-order valence-corrected chi connectivity index (χ3v) is 10.2. The lowest BCUT2D eigenvalue weighted by Crippen LogP contribution is -2.62. The summed E-state index contributed by atoms with van der Waals surface area (Å²) in [6.45, 7) is -1.73. The van der Waals surface area contributed by atoms with Crippen LogP contribution in [-0.4, -0.2) is 143 Å². The third-order valence-electron chi connectivity index (χ3n) is 10.2. The Morgan fingerprint density at radius 1 is 0.765 bits per heavy atom. The fraction of sp³-hybridized carbons (Fsp3) is 0.412. The van der Waals surface area contributed by atoms with Crippen LogP contribution >= 0.6 is 12.4 Å². The fourth-order valence-electron chi connectivity index (χ4n) is 7.66. The van der Waals surface area contributed by atoms with E-state index in [-0.39, 0.29) is 36.7 Å². The minimum absolute atomic E-state index is 0. The Bertz CT molecular complexity index is 2150. The molecule has 2 saturated heterocycles. The number of aliphatic hydroxyl groups is 7. The predicted octanol–water partition coefficient (Wildman–Crippen LogP) is -0.798. The molecule has 17 heteroatoms. The largest absolute Gasteiger partial charge is 0.394 e. The topological polar surface area (TPSA) is 253 Å². The van der Waals surface area contributed by atoms with Gasteiger partial charge in [0.25, 0.3) is 11.8 Å². The SMILES string of the molecule is Cl.N[C@H]1[C@@H](OCCN2C(=O)c3c(c4c5ccccc5n([C@@H]5O[C@H](CO)[C@@H](O)[C@H](O)[C@H]5O)c4c4[nH]c5ccccc5c34)C2=O)O[C@H](CO)[C@H](O)[C@@H]1O. The van der Waals surface area contributed by atoms with Crippen molar-refractivity contribution in [3.05, 3.63) is 59.7 Å². The van der Waals surface area contributed by atoms with Crippen LogP contribution < -0.4 is 5.73 Å². The van der Waals surface area contributed by atoms with Crippen LogP contribution in [0.2, 0.25) is 0 Å². The van der Waals surface area contributed by atoms with Gasteiger partial charge in [-0.2, -0.15) is 0 Å².